The Balaban J connectivity index is 2.30. The molecule has 2 amide bonds. The summed E-state index contributed by atoms with van der Waals surface area (Å²) < 4.78 is 0. The van der Waals surface area contributed by atoms with Gasteiger partial charge in [0.1, 0.15) is 6.10 Å². The summed E-state index contributed by atoms with van der Waals surface area (Å²) in [6, 6.07) is 9.49. The van der Waals surface area contributed by atoms with Gasteiger partial charge in [-0.05, 0) is 67.6 Å². The summed E-state index contributed by atoms with van der Waals surface area (Å²) in [6.07, 6.45) is 2.17. The van der Waals surface area contributed by atoms with Crippen molar-refractivity contribution in [3.63, 3.8) is 0 Å². The zero-order valence-corrected chi connectivity index (χ0v) is 20.1. The number of rotatable bonds is 12. The molecule has 0 fully saturated rings. The number of aliphatic hydroxyl groups excluding tert-OH is 2. The van der Waals surface area contributed by atoms with E-state index in [1.165, 1.54) is 0 Å². The van der Waals surface area contributed by atoms with Gasteiger partial charge < -0.3 is 20.4 Å². The summed E-state index contributed by atoms with van der Waals surface area (Å²) in [5, 5.41) is 32.5. The van der Waals surface area contributed by atoms with E-state index in [1.807, 2.05) is 26.8 Å². The Morgan fingerprint density at radius 1 is 1.09 bits per heavy atom. The second kappa shape index (κ2) is 13.4. The summed E-state index contributed by atoms with van der Waals surface area (Å²) in [6.45, 7) is 7.12. The maximum absolute atomic E-state index is 13.2. The standard InChI is InChI=1S/C26H34N4O4/c1-4-12-30(13-5-2)26(34)21-15-18(3)14-20(17-21)25(33)29-22(24(32)23(31)6-9-27)16-19-7-10-28-11-8-19/h7-8,10-11,14-15,17,22-24,31-32H,4-6,12-13,16H2,1-3H3,(H,29,33). The summed E-state index contributed by atoms with van der Waals surface area (Å²) in [7, 11) is 0. The number of hydrogen-bond donors (Lipinski definition) is 3. The van der Waals surface area contributed by atoms with Crippen molar-refractivity contribution in [2.24, 2.45) is 0 Å². The summed E-state index contributed by atoms with van der Waals surface area (Å²) in [4.78, 5) is 32.0. The molecule has 1 heterocycles. The van der Waals surface area contributed by atoms with Crippen molar-refractivity contribution in [3.05, 3.63) is 65.0 Å². The molecule has 1 aromatic heterocycles. The van der Waals surface area contributed by atoms with E-state index in [-0.39, 0.29) is 24.3 Å². The largest absolute Gasteiger partial charge is 0.389 e. The average Bonchev–Trinajstić information content (AvgIpc) is 2.83. The SMILES string of the molecule is CCCN(CCC)C(=O)c1cc(C)cc(C(=O)NC(Cc2ccncc2)C(O)C(O)CC#N)c1. The number of nitrogens with one attached hydrogen (secondary N) is 1. The average molecular weight is 467 g/mol. The highest BCUT2D eigenvalue weighted by Gasteiger charge is 2.29. The van der Waals surface area contributed by atoms with Crippen LogP contribution in [-0.4, -0.2) is 63.3 Å². The number of nitrogens with zero attached hydrogens (tertiary/aromatic N) is 3. The minimum absolute atomic E-state index is 0.126. The molecule has 3 N–H and O–H groups in total. The van der Waals surface area contributed by atoms with Crippen molar-refractivity contribution >= 4 is 11.8 Å². The van der Waals surface area contributed by atoms with Crippen LogP contribution in [0.3, 0.4) is 0 Å². The predicted octanol–water partition coefficient (Wildman–Crippen LogP) is 2.63. The fraction of sp³-hybridized carbons (Fsp3) is 0.462. The van der Waals surface area contributed by atoms with E-state index < -0.39 is 24.2 Å². The second-order valence-electron chi connectivity index (χ2n) is 8.44. The maximum Gasteiger partial charge on any atom is 0.253 e. The fourth-order valence-electron chi connectivity index (χ4n) is 3.84. The molecule has 34 heavy (non-hydrogen) atoms. The number of hydrogen-bond acceptors (Lipinski definition) is 6. The minimum Gasteiger partial charge on any atom is -0.389 e. The number of carbonyl (C=O) groups is 2. The number of pyridine rings is 1. The highest BCUT2D eigenvalue weighted by atomic mass is 16.3. The van der Waals surface area contributed by atoms with Gasteiger partial charge in [0.05, 0.1) is 24.6 Å². The Labute approximate surface area is 201 Å². The minimum atomic E-state index is -1.35. The third-order valence-corrected chi connectivity index (χ3v) is 5.49. The van der Waals surface area contributed by atoms with Crippen LogP contribution in [0, 0.1) is 18.3 Å². The van der Waals surface area contributed by atoms with Gasteiger partial charge in [-0.25, -0.2) is 0 Å². The van der Waals surface area contributed by atoms with Crippen LogP contribution < -0.4 is 5.32 Å². The van der Waals surface area contributed by atoms with Gasteiger partial charge in [-0.15, -0.1) is 0 Å². The normalized spacial score (nSPS) is 13.4. The summed E-state index contributed by atoms with van der Waals surface area (Å²) >= 11 is 0. The van der Waals surface area contributed by atoms with Crippen molar-refractivity contribution in [2.45, 2.75) is 64.7 Å². The Morgan fingerprint density at radius 3 is 2.29 bits per heavy atom. The fourth-order valence-corrected chi connectivity index (χ4v) is 3.84. The number of benzene rings is 1. The van der Waals surface area contributed by atoms with Crippen molar-refractivity contribution in [1.82, 2.24) is 15.2 Å². The van der Waals surface area contributed by atoms with E-state index in [4.69, 9.17) is 5.26 Å². The molecule has 3 unspecified atom stereocenters. The van der Waals surface area contributed by atoms with E-state index in [9.17, 15) is 19.8 Å². The molecule has 1 aromatic carbocycles. The lowest BCUT2D eigenvalue weighted by atomic mass is 9.96. The van der Waals surface area contributed by atoms with Gasteiger partial charge in [0.15, 0.2) is 0 Å². The molecule has 0 aliphatic carbocycles. The molecule has 8 heteroatoms. The lowest BCUT2D eigenvalue weighted by Crippen LogP contribution is -2.49. The molecule has 2 aromatic rings. The molecule has 3 atom stereocenters. The quantitative estimate of drug-likeness (QED) is 0.441. The highest BCUT2D eigenvalue weighted by molar-refractivity contribution is 6.00. The van der Waals surface area contributed by atoms with Crippen molar-refractivity contribution in [3.8, 4) is 6.07 Å². The molecule has 8 nitrogen and oxygen atoms in total. The van der Waals surface area contributed by atoms with Gasteiger partial charge in [-0.3, -0.25) is 14.6 Å². The summed E-state index contributed by atoms with van der Waals surface area (Å²) in [5.41, 5.74) is 2.29. The van der Waals surface area contributed by atoms with Crippen LogP contribution in [-0.2, 0) is 6.42 Å². The van der Waals surface area contributed by atoms with Crippen LogP contribution in [0.4, 0.5) is 0 Å². The van der Waals surface area contributed by atoms with Crippen LogP contribution in [0.2, 0.25) is 0 Å². The van der Waals surface area contributed by atoms with Crippen LogP contribution in [0.25, 0.3) is 0 Å². The maximum atomic E-state index is 13.2. The Hall–Kier alpha value is -3.28. The number of aryl methyl sites for hydroxylation is 1. The molecule has 182 valence electrons. The van der Waals surface area contributed by atoms with Crippen LogP contribution in [0.5, 0.6) is 0 Å². The van der Waals surface area contributed by atoms with Crippen molar-refractivity contribution in [1.29, 1.82) is 5.26 Å². The van der Waals surface area contributed by atoms with Gasteiger partial charge in [-0.2, -0.15) is 5.26 Å². The monoisotopic (exact) mass is 466 g/mol. The second-order valence-corrected chi connectivity index (χ2v) is 8.44. The van der Waals surface area contributed by atoms with E-state index in [1.54, 1.807) is 47.6 Å². The summed E-state index contributed by atoms with van der Waals surface area (Å²) in [5.74, 6) is -0.600. The zero-order valence-electron chi connectivity index (χ0n) is 20.1. The van der Waals surface area contributed by atoms with E-state index in [0.717, 1.165) is 24.0 Å². The zero-order chi connectivity index (χ0) is 25.1. The molecule has 0 aliphatic rings. The van der Waals surface area contributed by atoms with Crippen molar-refractivity contribution in [2.75, 3.05) is 13.1 Å². The number of amides is 2. The van der Waals surface area contributed by atoms with E-state index >= 15 is 0 Å². The first-order chi connectivity index (χ1) is 16.3. The van der Waals surface area contributed by atoms with Crippen molar-refractivity contribution < 1.29 is 19.8 Å². The molecule has 0 radical (unpaired) electrons. The van der Waals surface area contributed by atoms with Gasteiger partial charge >= 0.3 is 0 Å². The molecule has 0 spiro atoms. The lowest BCUT2D eigenvalue weighted by Gasteiger charge is -2.27. The first-order valence-corrected chi connectivity index (χ1v) is 11.6. The third-order valence-electron chi connectivity index (χ3n) is 5.49. The predicted molar refractivity (Wildman–Crippen MR) is 129 cm³/mol. The van der Waals surface area contributed by atoms with Gasteiger partial charge in [0.25, 0.3) is 11.8 Å². The molecular formula is C26H34N4O4. The number of aliphatic hydroxyl groups is 2. The molecule has 0 bridgehead atoms. The number of carbonyl (C=O) groups excluding carboxylic acids is 2. The topological polar surface area (TPSA) is 127 Å². The van der Waals surface area contributed by atoms with Crippen LogP contribution in [0.15, 0.2) is 42.7 Å². The van der Waals surface area contributed by atoms with Gasteiger partial charge in [0, 0.05) is 36.6 Å². The Kier molecular flexibility index (Phi) is 10.7. The first-order valence-electron chi connectivity index (χ1n) is 11.6. The number of aromatic nitrogens is 1. The number of nitriles is 1. The Bertz CT molecular complexity index is 984. The first kappa shape index (κ1) is 27.0. The third kappa shape index (κ3) is 7.65. The highest BCUT2D eigenvalue weighted by Crippen LogP contribution is 2.16. The smallest absolute Gasteiger partial charge is 0.253 e. The van der Waals surface area contributed by atoms with E-state index in [0.29, 0.717) is 18.7 Å². The molecule has 2 rings (SSSR count). The van der Waals surface area contributed by atoms with E-state index in [2.05, 4.69) is 10.3 Å². The van der Waals surface area contributed by atoms with Gasteiger partial charge in [0.2, 0.25) is 0 Å². The van der Waals surface area contributed by atoms with Crippen LogP contribution >= 0.6 is 0 Å². The molecular weight excluding hydrogens is 432 g/mol. The molecule has 0 saturated carbocycles. The lowest BCUT2D eigenvalue weighted by molar-refractivity contribution is -0.000341. The van der Waals surface area contributed by atoms with Gasteiger partial charge in [-0.1, -0.05) is 13.8 Å². The molecule has 0 aliphatic heterocycles. The van der Waals surface area contributed by atoms with Crippen LogP contribution in [0.1, 0.15) is 65.0 Å². The molecule has 0 saturated heterocycles. The Morgan fingerprint density at radius 2 is 1.71 bits per heavy atom.